The van der Waals surface area contributed by atoms with E-state index in [4.69, 9.17) is 22.9 Å². The molecule has 8 heteroatoms. The maximum atomic E-state index is 12.3. The molecule has 0 saturated heterocycles. The van der Waals surface area contributed by atoms with E-state index in [1.54, 1.807) is 0 Å². The van der Waals surface area contributed by atoms with Crippen molar-refractivity contribution < 1.29 is 14.4 Å². The summed E-state index contributed by atoms with van der Waals surface area (Å²) >= 11 is 0. The molecule has 128 valence electrons. The van der Waals surface area contributed by atoms with Crippen LogP contribution in [0.4, 0.5) is 0 Å². The Balaban J connectivity index is 4.85. The van der Waals surface area contributed by atoms with E-state index < -0.39 is 23.8 Å². The molecule has 1 atom stereocenters. The molecular weight excluding hydrogens is 286 g/mol. The van der Waals surface area contributed by atoms with Crippen LogP contribution in [0.2, 0.25) is 0 Å². The molecule has 0 aromatic rings. The van der Waals surface area contributed by atoms with Gasteiger partial charge >= 0.3 is 0 Å². The van der Waals surface area contributed by atoms with E-state index in [1.165, 1.54) is 0 Å². The van der Waals surface area contributed by atoms with Crippen LogP contribution in [0.5, 0.6) is 0 Å². The molecule has 0 heterocycles. The van der Waals surface area contributed by atoms with Crippen LogP contribution in [0.1, 0.15) is 44.9 Å². The third-order valence-corrected chi connectivity index (χ3v) is 3.38. The number of unbranched alkanes of at least 4 members (excludes halogenated alkanes) is 3. The molecule has 0 spiro atoms. The third kappa shape index (κ3) is 7.48. The Bertz CT molecular complexity index is 362. The lowest BCUT2D eigenvalue weighted by molar-refractivity contribution is -0.151. The van der Waals surface area contributed by atoms with Crippen LogP contribution < -0.4 is 22.9 Å². The molecule has 8 N–H and O–H groups in total. The number of nitrogens with zero attached hydrogens (tertiary/aromatic N) is 1. The van der Waals surface area contributed by atoms with Crippen molar-refractivity contribution in [3.63, 3.8) is 0 Å². The van der Waals surface area contributed by atoms with E-state index in [2.05, 4.69) is 0 Å². The summed E-state index contributed by atoms with van der Waals surface area (Å²) in [5.74, 6) is -1.70. The Morgan fingerprint density at radius 2 is 1.41 bits per heavy atom. The maximum Gasteiger partial charge on any atom is 0.243 e. The SMILES string of the molecule is NCCCCCC(=O)N(C(=O)CN)[C@@H](CCCCN)C(N)=O. The van der Waals surface area contributed by atoms with Gasteiger partial charge in [0.2, 0.25) is 17.7 Å². The van der Waals surface area contributed by atoms with Crippen molar-refractivity contribution >= 4 is 17.7 Å². The van der Waals surface area contributed by atoms with Gasteiger partial charge in [-0.25, -0.2) is 0 Å². The van der Waals surface area contributed by atoms with Gasteiger partial charge < -0.3 is 22.9 Å². The van der Waals surface area contributed by atoms with E-state index >= 15 is 0 Å². The van der Waals surface area contributed by atoms with E-state index in [1.807, 2.05) is 0 Å². The van der Waals surface area contributed by atoms with Crippen molar-refractivity contribution in [3.8, 4) is 0 Å². The summed E-state index contributed by atoms with van der Waals surface area (Å²) in [6.07, 6.45) is 4.01. The third-order valence-electron chi connectivity index (χ3n) is 3.38. The van der Waals surface area contributed by atoms with Crippen molar-refractivity contribution in [1.82, 2.24) is 4.90 Å². The summed E-state index contributed by atoms with van der Waals surface area (Å²) in [5, 5.41) is 0. The van der Waals surface area contributed by atoms with Crippen molar-refractivity contribution in [2.24, 2.45) is 22.9 Å². The highest BCUT2D eigenvalue weighted by Crippen LogP contribution is 2.13. The van der Waals surface area contributed by atoms with E-state index in [0.29, 0.717) is 38.8 Å². The molecule has 0 aliphatic heterocycles. The highest BCUT2D eigenvalue weighted by Gasteiger charge is 2.31. The number of nitrogens with two attached hydrogens (primary N) is 4. The minimum atomic E-state index is -0.954. The van der Waals surface area contributed by atoms with Gasteiger partial charge in [-0.2, -0.15) is 0 Å². The predicted octanol–water partition coefficient (Wildman–Crippen LogP) is -1.20. The molecule has 0 aromatic carbocycles. The van der Waals surface area contributed by atoms with Crippen LogP contribution >= 0.6 is 0 Å². The summed E-state index contributed by atoms with van der Waals surface area (Å²) in [4.78, 5) is 36.8. The van der Waals surface area contributed by atoms with Gasteiger partial charge in [-0.1, -0.05) is 6.42 Å². The minimum absolute atomic E-state index is 0.173. The fraction of sp³-hybridized carbons (Fsp3) is 0.786. The molecule has 8 nitrogen and oxygen atoms in total. The number of carbonyl (C=O) groups excluding carboxylic acids is 3. The molecule has 0 rings (SSSR count). The van der Waals surface area contributed by atoms with Gasteiger partial charge in [-0.3, -0.25) is 19.3 Å². The molecule has 0 radical (unpaired) electrons. The Morgan fingerprint density at radius 1 is 0.818 bits per heavy atom. The van der Waals surface area contributed by atoms with Crippen LogP contribution in [0.25, 0.3) is 0 Å². The normalized spacial score (nSPS) is 12.0. The lowest BCUT2D eigenvalue weighted by Crippen LogP contribution is -2.52. The summed E-state index contributed by atoms with van der Waals surface area (Å²) in [6, 6.07) is -0.954. The summed E-state index contributed by atoms with van der Waals surface area (Å²) in [6.45, 7) is 0.696. The molecule has 0 bridgehead atoms. The van der Waals surface area contributed by atoms with Gasteiger partial charge in [0.25, 0.3) is 0 Å². The molecular formula is C14H29N5O3. The fourth-order valence-electron chi connectivity index (χ4n) is 2.18. The Morgan fingerprint density at radius 3 is 1.91 bits per heavy atom. The second-order valence-electron chi connectivity index (χ2n) is 5.16. The number of rotatable bonds is 12. The molecule has 22 heavy (non-hydrogen) atoms. The number of carbonyl (C=O) groups is 3. The minimum Gasteiger partial charge on any atom is -0.368 e. The number of primary amides is 1. The summed E-state index contributed by atoms with van der Waals surface area (Å²) in [7, 11) is 0. The van der Waals surface area contributed by atoms with Gasteiger partial charge in [0.15, 0.2) is 0 Å². The number of hydrogen-bond acceptors (Lipinski definition) is 6. The van der Waals surface area contributed by atoms with Gasteiger partial charge in [0.05, 0.1) is 6.54 Å². The lowest BCUT2D eigenvalue weighted by atomic mass is 10.1. The molecule has 0 aliphatic carbocycles. The standard InChI is InChI=1S/C14H29N5O3/c15-8-4-1-2-7-12(20)19(13(21)10-17)11(14(18)22)6-3-5-9-16/h11H,1-10,15-17H2,(H2,18,22)/t11-/m0/s1. The van der Waals surface area contributed by atoms with Gasteiger partial charge in [-0.05, 0) is 45.2 Å². The molecule has 0 aliphatic rings. The first-order valence-electron chi connectivity index (χ1n) is 7.74. The highest BCUT2D eigenvalue weighted by atomic mass is 16.2. The second kappa shape index (κ2) is 12.1. The van der Waals surface area contributed by atoms with Crippen LogP contribution in [-0.4, -0.2) is 48.3 Å². The Hall–Kier alpha value is -1.51. The highest BCUT2D eigenvalue weighted by molar-refractivity contribution is 6.00. The second-order valence-corrected chi connectivity index (χ2v) is 5.16. The zero-order valence-corrected chi connectivity index (χ0v) is 13.1. The smallest absolute Gasteiger partial charge is 0.243 e. The first-order chi connectivity index (χ1) is 10.5. The van der Waals surface area contributed by atoms with E-state index in [0.717, 1.165) is 17.7 Å². The summed E-state index contributed by atoms with van der Waals surface area (Å²) in [5.41, 5.74) is 21.5. The zero-order chi connectivity index (χ0) is 17.0. The van der Waals surface area contributed by atoms with E-state index in [9.17, 15) is 14.4 Å². The van der Waals surface area contributed by atoms with Crippen LogP contribution in [-0.2, 0) is 14.4 Å². The monoisotopic (exact) mass is 315 g/mol. The first-order valence-corrected chi connectivity index (χ1v) is 7.74. The average Bonchev–Trinajstić information content (AvgIpc) is 2.49. The van der Waals surface area contributed by atoms with Gasteiger partial charge in [0.1, 0.15) is 6.04 Å². The molecule has 0 unspecified atom stereocenters. The number of hydrogen-bond donors (Lipinski definition) is 4. The largest absolute Gasteiger partial charge is 0.368 e. The lowest BCUT2D eigenvalue weighted by Gasteiger charge is -2.27. The van der Waals surface area contributed by atoms with Crippen LogP contribution in [0, 0.1) is 0 Å². The fourth-order valence-corrected chi connectivity index (χ4v) is 2.18. The first kappa shape index (κ1) is 20.5. The maximum absolute atomic E-state index is 12.3. The average molecular weight is 315 g/mol. The van der Waals surface area contributed by atoms with Gasteiger partial charge in [-0.15, -0.1) is 0 Å². The number of amides is 3. The zero-order valence-electron chi connectivity index (χ0n) is 13.1. The molecule has 3 amide bonds. The molecule has 0 aromatic heterocycles. The Kier molecular flexibility index (Phi) is 11.2. The molecule has 0 fully saturated rings. The van der Waals surface area contributed by atoms with E-state index in [-0.39, 0.29) is 13.0 Å². The molecule has 0 saturated carbocycles. The Labute approximate surface area is 131 Å². The van der Waals surface area contributed by atoms with Gasteiger partial charge in [0, 0.05) is 6.42 Å². The van der Waals surface area contributed by atoms with Crippen LogP contribution in [0.15, 0.2) is 0 Å². The number of imide groups is 1. The van der Waals surface area contributed by atoms with Crippen molar-refractivity contribution in [2.75, 3.05) is 19.6 Å². The predicted molar refractivity (Wildman–Crippen MR) is 84.3 cm³/mol. The van der Waals surface area contributed by atoms with Crippen molar-refractivity contribution in [1.29, 1.82) is 0 Å². The summed E-state index contributed by atoms with van der Waals surface area (Å²) < 4.78 is 0. The van der Waals surface area contributed by atoms with Crippen molar-refractivity contribution in [3.05, 3.63) is 0 Å². The quantitative estimate of drug-likeness (QED) is 0.331. The van der Waals surface area contributed by atoms with Crippen molar-refractivity contribution in [2.45, 2.75) is 51.0 Å². The topological polar surface area (TPSA) is 159 Å². The van der Waals surface area contributed by atoms with Crippen LogP contribution in [0.3, 0.4) is 0 Å².